The monoisotopic (exact) mass is 389 g/mol. The van der Waals surface area contributed by atoms with E-state index >= 15 is 0 Å². The summed E-state index contributed by atoms with van der Waals surface area (Å²) in [5, 5.41) is 2.13. The van der Waals surface area contributed by atoms with Crippen molar-refractivity contribution in [2.75, 3.05) is 0 Å². The molecule has 146 valence electrons. The van der Waals surface area contributed by atoms with Gasteiger partial charge in [0, 0.05) is 10.8 Å². The molecule has 0 atom stereocenters. The zero-order valence-corrected chi connectivity index (χ0v) is 17.7. The van der Waals surface area contributed by atoms with Gasteiger partial charge in [-0.3, -0.25) is 4.52 Å². The number of aromatic nitrogens is 1. The Morgan fingerprint density at radius 3 is 1.59 bits per heavy atom. The SMILES string of the molecule is CC(C)(C)c1ccc2c(c1)c1cc(C(C)(C)C)ccc1n2COP(=O)(O)O. The molecule has 0 radical (unpaired) electrons. The Morgan fingerprint density at radius 2 is 1.26 bits per heavy atom. The Balaban J connectivity index is 2.31. The minimum atomic E-state index is -4.56. The molecule has 0 bridgehead atoms. The van der Waals surface area contributed by atoms with E-state index in [0.717, 1.165) is 21.8 Å². The summed E-state index contributed by atoms with van der Waals surface area (Å²) in [5.41, 5.74) is 4.24. The molecule has 1 aromatic heterocycles. The first kappa shape index (κ1) is 20.1. The number of hydrogen-bond donors (Lipinski definition) is 2. The quantitative estimate of drug-likeness (QED) is 0.584. The molecule has 0 amide bonds. The van der Waals surface area contributed by atoms with Crippen LogP contribution in [0.4, 0.5) is 0 Å². The second kappa shape index (κ2) is 6.46. The largest absolute Gasteiger partial charge is 0.471 e. The van der Waals surface area contributed by atoms with Crippen molar-refractivity contribution in [2.24, 2.45) is 0 Å². The number of phosphoric ester groups is 1. The molecule has 0 aliphatic carbocycles. The molecule has 0 unspecified atom stereocenters. The number of hydrogen-bond acceptors (Lipinski definition) is 2. The van der Waals surface area contributed by atoms with Crippen LogP contribution >= 0.6 is 7.82 Å². The molecule has 27 heavy (non-hydrogen) atoms. The Kier molecular flexibility index (Phi) is 4.80. The Morgan fingerprint density at radius 1 is 0.852 bits per heavy atom. The summed E-state index contributed by atoms with van der Waals surface area (Å²) < 4.78 is 17.9. The highest BCUT2D eigenvalue weighted by molar-refractivity contribution is 7.46. The lowest BCUT2D eigenvalue weighted by Crippen LogP contribution is -2.10. The van der Waals surface area contributed by atoms with E-state index in [1.807, 2.05) is 16.7 Å². The van der Waals surface area contributed by atoms with Crippen LogP contribution in [0.15, 0.2) is 36.4 Å². The lowest BCUT2D eigenvalue weighted by atomic mass is 9.85. The summed E-state index contributed by atoms with van der Waals surface area (Å²) >= 11 is 0. The number of nitrogens with zero attached hydrogens (tertiary/aromatic N) is 1. The zero-order chi connectivity index (χ0) is 20.2. The van der Waals surface area contributed by atoms with Gasteiger partial charge >= 0.3 is 7.82 Å². The van der Waals surface area contributed by atoms with Crippen LogP contribution in [0, 0.1) is 0 Å². The molecule has 0 aliphatic rings. The van der Waals surface area contributed by atoms with E-state index in [9.17, 15) is 4.57 Å². The fraction of sp³-hybridized carbons (Fsp3) is 0.429. The van der Waals surface area contributed by atoms with Gasteiger partial charge in [-0.05, 0) is 46.2 Å². The van der Waals surface area contributed by atoms with E-state index in [-0.39, 0.29) is 17.6 Å². The molecule has 0 fully saturated rings. The maximum atomic E-state index is 11.2. The van der Waals surface area contributed by atoms with Gasteiger partial charge in [-0.15, -0.1) is 0 Å². The highest BCUT2D eigenvalue weighted by atomic mass is 31.2. The molecule has 2 N–H and O–H groups in total. The van der Waals surface area contributed by atoms with Gasteiger partial charge in [-0.1, -0.05) is 53.7 Å². The fourth-order valence-corrected chi connectivity index (χ4v) is 3.57. The highest BCUT2D eigenvalue weighted by Gasteiger charge is 2.21. The first-order chi connectivity index (χ1) is 12.3. The van der Waals surface area contributed by atoms with Gasteiger partial charge in [-0.25, -0.2) is 4.57 Å². The maximum Gasteiger partial charge on any atom is 0.471 e. The van der Waals surface area contributed by atoms with Crippen LogP contribution in [-0.2, 0) is 26.6 Å². The van der Waals surface area contributed by atoms with Crippen LogP contribution in [0.25, 0.3) is 21.8 Å². The minimum Gasteiger partial charge on any atom is -0.316 e. The molecule has 2 aromatic carbocycles. The van der Waals surface area contributed by atoms with Crippen molar-refractivity contribution in [2.45, 2.75) is 59.1 Å². The van der Waals surface area contributed by atoms with Gasteiger partial charge in [0.15, 0.2) is 0 Å². The number of rotatable bonds is 3. The van der Waals surface area contributed by atoms with Crippen molar-refractivity contribution >= 4 is 29.6 Å². The van der Waals surface area contributed by atoms with Crippen molar-refractivity contribution in [3.63, 3.8) is 0 Å². The summed E-state index contributed by atoms with van der Waals surface area (Å²) in [6, 6.07) is 12.5. The van der Waals surface area contributed by atoms with E-state index in [0.29, 0.717) is 0 Å². The van der Waals surface area contributed by atoms with Crippen LogP contribution in [0.1, 0.15) is 52.7 Å². The van der Waals surface area contributed by atoms with Crippen molar-refractivity contribution < 1.29 is 18.9 Å². The Labute approximate surface area is 160 Å². The van der Waals surface area contributed by atoms with Crippen LogP contribution in [0.3, 0.4) is 0 Å². The lowest BCUT2D eigenvalue weighted by Gasteiger charge is -2.19. The number of benzene rings is 2. The fourth-order valence-electron chi connectivity index (χ4n) is 3.31. The molecular weight excluding hydrogens is 361 g/mol. The highest BCUT2D eigenvalue weighted by Crippen LogP contribution is 2.39. The van der Waals surface area contributed by atoms with Gasteiger partial charge in [0.25, 0.3) is 0 Å². The molecular formula is C21H28NO4P. The van der Waals surface area contributed by atoms with Crippen LogP contribution in [0.2, 0.25) is 0 Å². The summed E-state index contributed by atoms with van der Waals surface area (Å²) in [4.78, 5) is 18.3. The van der Waals surface area contributed by atoms with Crippen molar-refractivity contribution in [1.82, 2.24) is 4.57 Å². The standard InChI is InChI=1S/C21H28NO4P/c1-20(2,3)14-7-9-18-16(11-14)17-12-15(21(4,5)6)8-10-19(17)22(18)13-26-27(23,24)25/h7-12H,13H2,1-6H3,(H2,23,24,25). The average molecular weight is 389 g/mol. The third kappa shape index (κ3) is 4.12. The van der Waals surface area contributed by atoms with Crippen molar-refractivity contribution in [3.8, 4) is 0 Å². The first-order valence-corrected chi connectivity index (χ1v) is 10.6. The van der Waals surface area contributed by atoms with E-state index in [4.69, 9.17) is 14.3 Å². The summed E-state index contributed by atoms with van der Waals surface area (Å²) in [6.45, 7) is 12.8. The summed E-state index contributed by atoms with van der Waals surface area (Å²) in [7, 11) is -4.56. The molecule has 0 aliphatic heterocycles. The van der Waals surface area contributed by atoms with Crippen LogP contribution in [-0.4, -0.2) is 14.4 Å². The normalized spacial score (nSPS) is 13.6. The molecule has 3 aromatic rings. The average Bonchev–Trinajstić information content (AvgIpc) is 2.83. The maximum absolute atomic E-state index is 11.2. The van der Waals surface area contributed by atoms with E-state index < -0.39 is 7.82 Å². The van der Waals surface area contributed by atoms with E-state index in [1.54, 1.807) is 0 Å². The summed E-state index contributed by atoms with van der Waals surface area (Å²) in [6.07, 6.45) is 0. The predicted molar refractivity (Wildman–Crippen MR) is 110 cm³/mol. The zero-order valence-electron chi connectivity index (χ0n) is 16.8. The minimum absolute atomic E-state index is 0.00660. The molecule has 1 heterocycles. The third-order valence-corrected chi connectivity index (χ3v) is 5.40. The van der Waals surface area contributed by atoms with Gasteiger partial charge in [0.05, 0.1) is 11.0 Å². The second-order valence-corrected chi connectivity index (χ2v) is 10.4. The summed E-state index contributed by atoms with van der Waals surface area (Å²) in [5.74, 6) is 0. The Hall–Kier alpha value is -1.65. The smallest absolute Gasteiger partial charge is 0.316 e. The molecule has 0 spiro atoms. The van der Waals surface area contributed by atoms with Gasteiger partial charge in [0.1, 0.15) is 6.73 Å². The second-order valence-electron chi connectivity index (χ2n) is 9.14. The van der Waals surface area contributed by atoms with Gasteiger partial charge in [0.2, 0.25) is 0 Å². The van der Waals surface area contributed by atoms with E-state index in [2.05, 4.69) is 65.8 Å². The predicted octanol–water partition coefficient (Wildman–Crippen LogP) is 5.46. The van der Waals surface area contributed by atoms with Gasteiger partial charge in [-0.2, -0.15) is 0 Å². The molecule has 3 rings (SSSR count). The molecule has 5 nitrogen and oxygen atoms in total. The van der Waals surface area contributed by atoms with Crippen LogP contribution < -0.4 is 0 Å². The van der Waals surface area contributed by atoms with Crippen molar-refractivity contribution in [3.05, 3.63) is 47.5 Å². The molecule has 0 saturated heterocycles. The first-order valence-electron chi connectivity index (χ1n) is 9.04. The number of fused-ring (bicyclic) bond motifs is 3. The third-order valence-electron chi connectivity index (χ3n) is 4.95. The van der Waals surface area contributed by atoms with Gasteiger partial charge < -0.3 is 14.4 Å². The topological polar surface area (TPSA) is 71.7 Å². The van der Waals surface area contributed by atoms with E-state index in [1.165, 1.54) is 11.1 Å². The van der Waals surface area contributed by atoms with Crippen molar-refractivity contribution in [1.29, 1.82) is 0 Å². The Bertz CT molecular complexity index is 977. The lowest BCUT2D eigenvalue weighted by molar-refractivity contribution is 0.158. The number of phosphoric acid groups is 1. The van der Waals surface area contributed by atoms with Crippen LogP contribution in [0.5, 0.6) is 0 Å². The molecule has 6 heteroatoms. The molecule has 0 saturated carbocycles.